The molecule has 3 heteroatoms. The SMILES string of the molecule is Cc1ccc(C=C2CC(N)=CC=C2c2ccc(NC(=O)c3ccccc3)cc2)cc1. The van der Waals surface area contributed by atoms with Gasteiger partial charge in [0.15, 0.2) is 0 Å². The van der Waals surface area contributed by atoms with Crippen LogP contribution < -0.4 is 11.1 Å². The van der Waals surface area contributed by atoms with Gasteiger partial charge in [-0.1, -0.05) is 72.3 Å². The molecule has 148 valence electrons. The molecule has 3 nitrogen and oxygen atoms in total. The number of rotatable bonds is 4. The summed E-state index contributed by atoms with van der Waals surface area (Å²) in [6.45, 7) is 2.09. The van der Waals surface area contributed by atoms with Crippen molar-refractivity contribution in [2.45, 2.75) is 13.3 Å². The number of allylic oxidation sites excluding steroid dienone is 4. The number of amides is 1. The number of carbonyl (C=O) groups is 1. The molecule has 3 N–H and O–H groups in total. The van der Waals surface area contributed by atoms with E-state index in [0.717, 1.165) is 28.1 Å². The lowest BCUT2D eigenvalue weighted by molar-refractivity contribution is 0.102. The van der Waals surface area contributed by atoms with Gasteiger partial charge in [0.1, 0.15) is 0 Å². The smallest absolute Gasteiger partial charge is 0.255 e. The summed E-state index contributed by atoms with van der Waals surface area (Å²) >= 11 is 0. The Morgan fingerprint density at radius 2 is 1.60 bits per heavy atom. The molecule has 0 fully saturated rings. The summed E-state index contributed by atoms with van der Waals surface area (Å²) in [5, 5.41) is 2.95. The third-order valence-corrected chi connectivity index (χ3v) is 5.11. The van der Waals surface area contributed by atoms with Crippen LogP contribution in [-0.2, 0) is 0 Å². The molecule has 4 rings (SSSR count). The van der Waals surface area contributed by atoms with Gasteiger partial charge in [-0.15, -0.1) is 0 Å². The molecule has 1 amide bonds. The summed E-state index contributed by atoms with van der Waals surface area (Å²) in [4.78, 5) is 12.4. The van der Waals surface area contributed by atoms with E-state index in [0.29, 0.717) is 12.0 Å². The van der Waals surface area contributed by atoms with E-state index in [1.165, 1.54) is 11.1 Å². The maximum atomic E-state index is 12.4. The summed E-state index contributed by atoms with van der Waals surface area (Å²) in [5.74, 6) is -0.115. The molecule has 0 heterocycles. The van der Waals surface area contributed by atoms with Gasteiger partial charge in [0.2, 0.25) is 0 Å². The lowest BCUT2D eigenvalue weighted by atomic mass is 9.89. The number of benzene rings is 3. The maximum absolute atomic E-state index is 12.4. The summed E-state index contributed by atoms with van der Waals surface area (Å²) in [7, 11) is 0. The van der Waals surface area contributed by atoms with Crippen molar-refractivity contribution >= 4 is 23.2 Å². The zero-order chi connectivity index (χ0) is 20.9. The molecule has 0 saturated heterocycles. The number of carbonyl (C=O) groups excluding carboxylic acids is 1. The Balaban J connectivity index is 1.57. The highest BCUT2D eigenvalue weighted by molar-refractivity contribution is 6.04. The minimum Gasteiger partial charge on any atom is -0.402 e. The van der Waals surface area contributed by atoms with Gasteiger partial charge in [0, 0.05) is 23.4 Å². The molecule has 0 bridgehead atoms. The van der Waals surface area contributed by atoms with E-state index in [4.69, 9.17) is 5.73 Å². The molecule has 0 spiro atoms. The Hall–Kier alpha value is -3.85. The predicted molar refractivity (Wildman–Crippen MR) is 125 cm³/mol. The van der Waals surface area contributed by atoms with E-state index in [9.17, 15) is 4.79 Å². The van der Waals surface area contributed by atoms with Crippen molar-refractivity contribution in [1.82, 2.24) is 0 Å². The highest BCUT2D eigenvalue weighted by Gasteiger charge is 2.13. The van der Waals surface area contributed by atoms with E-state index < -0.39 is 0 Å². The number of hydrogen-bond acceptors (Lipinski definition) is 2. The zero-order valence-electron chi connectivity index (χ0n) is 16.9. The lowest BCUT2D eigenvalue weighted by Crippen LogP contribution is -2.11. The predicted octanol–water partition coefficient (Wildman–Crippen LogP) is 5.96. The van der Waals surface area contributed by atoms with Crippen LogP contribution in [0, 0.1) is 6.92 Å². The minimum absolute atomic E-state index is 0.115. The Morgan fingerprint density at radius 1 is 0.900 bits per heavy atom. The van der Waals surface area contributed by atoms with Crippen molar-refractivity contribution in [3.05, 3.63) is 125 Å². The van der Waals surface area contributed by atoms with Crippen molar-refractivity contribution < 1.29 is 4.79 Å². The quantitative estimate of drug-likeness (QED) is 0.575. The highest BCUT2D eigenvalue weighted by atomic mass is 16.1. The van der Waals surface area contributed by atoms with Gasteiger partial charge < -0.3 is 11.1 Å². The van der Waals surface area contributed by atoms with Crippen LogP contribution in [0.15, 0.2) is 102 Å². The Bertz CT molecular complexity index is 1140. The number of nitrogens with one attached hydrogen (secondary N) is 1. The molecule has 0 aromatic heterocycles. The molecule has 30 heavy (non-hydrogen) atoms. The molecule has 1 aliphatic rings. The fraction of sp³-hybridized carbons (Fsp3) is 0.0741. The van der Waals surface area contributed by atoms with E-state index >= 15 is 0 Å². The van der Waals surface area contributed by atoms with Crippen LogP contribution in [0.1, 0.15) is 33.5 Å². The average molecular weight is 393 g/mol. The van der Waals surface area contributed by atoms with Crippen molar-refractivity contribution in [3.63, 3.8) is 0 Å². The second kappa shape index (κ2) is 8.66. The second-order valence-electron chi connectivity index (χ2n) is 7.48. The highest BCUT2D eigenvalue weighted by Crippen LogP contribution is 2.33. The summed E-state index contributed by atoms with van der Waals surface area (Å²) in [5.41, 5.74) is 14.2. The van der Waals surface area contributed by atoms with Crippen molar-refractivity contribution in [1.29, 1.82) is 0 Å². The molecule has 0 atom stereocenters. The maximum Gasteiger partial charge on any atom is 0.255 e. The minimum atomic E-state index is -0.115. The van der Waals surface area contributed by atoms with Crippen LogP contribution in [0.5, 0.6) is 0 Å². The number of hydrogen-bond donors (Lipinski definition) is 2. The average Bonchev–Trinajstić information content (AvgIpc) is 2.77. The van der Waals surface area contributed by atoms with Crippen molar-refractivity contribution in [3.8, 4) is 0 Å². The van der Waals surface area contributed by atoms with Gasteiger partial charge in [-0.25, -0.2) is 0 Å². The first-order chi connectivity index (χ1) is 14.6. The van der Waals surface area contributed by atoms with Gasteiger partial charge in [-0.05, 0) is 59.5 Å². The molecular formula is C27H24N2O. The van der Waals surface area contributed by atoms with Crippen molar-refractivity contribution in [2.24, 2.45) is 5.73 Å². The first kappa shape index (κ1) is 19.5. The molecule has 0 aliphatic heterocycles. The van der Waals surface area contributed by atoms with E-state index in [2.05, 4.69) is 48.7 Å². The van der Waals surface area contributed by atoms with E-state index in [1.54, 1.807) is 12.1 Å². The van der Waals surface area contributed by atoms with Crippen molar-refractivity contribution in [2.75, 3.05) is 5.32 Å². The molecule has 3 aromatic rings. The summed E-state index contributed by atoms with van der Waals surface area (Å²) < 4.78 is 0. The Labute approximate surface area is 177 Å². The third kappa shape index (κ3) is 4.58. The van der Waals surface area contributed by atoms with Crippen LogP contribution in [0.4, 0.5) is 5.69 Å². The van der Waals surface area contributed by atoms with Crippen LogP contribution in [0.2, 0.25) is 0 Å². The van der Waals surface area contributed by atoms with E-state index in [-0.39, 0.29) is 5.91 Å². The van der Waals surface area contributed by atoms with Gasteiger partial charge in [-0.3, -0.25) is 4.79 Å². The third-order valence-electron chi connectivity index (χ3n) is 5.11. The molecule has 1 aliphatic carbocycles. The van der Waals surface area contributed by atoms with Gasteiger partial charge in [0.25, 0.3) is 5.91 Å². The molecule has 0 radical (unpaired) electrons. The summed E-state index contributed by atoms with van der Waals surface area (Å²) in [6, 6.07) is 25.6. The normalized spacial score (nSPS) is 14.8. The standard InChI is InChI=1S/C27H24N2O/c1-19-7-9-20(10-8-19)17-23-18-24(28)13-16-26(23)21-11-14-25(15-12-21)29-27(30)22-5-3-2-4-6-22/h2-17H,18,28H2,1H3,(H,29,30). The Kier molecular flexibility index (Phi) is 5.62. The topological polar surface area (TPSA) is 55.1 Å². The molecule has 3 aromatic carbocycles. The largest absolute Gasteiger partial charge is 0.402 e. The monoisotopic (exact) mass is 392 g/mol. The zero-order valence-corrected chi connectivity index (χ0v) is 16.9. The molecular weight excluding hydrogens is 368 g/mol. The Morgan fingerprint density at radius 3 is 2.30 bits per heavy atom. The van der Waals surface area contributed by atoms with Crippen LogP contribution in [0.3, 0.4) is 0 Å². The first-order valence-corrected chi connectivity index (χ1v) is 9.99. The number of anilines is 1. The molecule has 0 saturated carbocycles. The first-order valence-electron chi connectivity index (χ1n) is 9.99. The molecule has 0 unspecified atom stereocenters. The van der Waals surface area contributed by atoms with Gasteiger partial charge in [0.05, 0.1) is 0 Å². The van der Waals surface area contributed by atoms with Crippen LogP contribution >= 0.6 is 0 Å². The van der Waals surface area contributed by atoms with Crippen LogP contribution in [0.25, 0.3) is 11.6 Å². The second-order valence-corrected chi connectivity index (χ2v) is 7.48. The van der Waals surface area contributed by atoms with E-state index in [1.807, 2.05) is 48.5 Å². The fourth-order valence-corrected chi connectivity index (χ4v) is 3.47. The van der Waals surface area contributed by atoms with Crippen LogP contribution in [-0.4, -0.2) is 5.91 Å². The van der Waals surface area contributed by atoms with Gasteiger partial charge >= 0.3 is 0 Å². The number of nitrogens with two attached hydrogens (primary N) is 1. The van der Waals surface area contributed by atoms with Gasteiger partial charge in [-0.2, -0.15) is 0 Å². The number of aryl methyl sites for hydroxylation is 1. The fourth-order valence-electron chi connectivity index (χ4n) is 3.47. The summed E-state index contributed by atoms with van der Waals surface area (Å²) in [6.07, 6.45) is 6.94. The lowest BCUT2D eigenvalue weighted by Gasteiger charge is -2.18.